The van der Waals surface area contributed by atoms with Crippen molar-refractivity contribution >= 4 is 0 Å². The first-order valence-corrected chi connectivity index (χ1v) is 7.28. The van der Waals surface area contributed by atoms with Gasteiger partial charge in [-0.1, -0.05) is 13.3 Å². The van der Waals surface area contributed by atoms with Crippen molar-refractivity contribution < 1.29 is 0 Å². The first kappa shape index (κ1) is 12.9. The van der Waals surface area contributed by atoms with Crippen molar-refractivity contribution in [3.05, 3.63) is 0 Å². The third kappa shape index (κ3) is 3.24. The summed E-state index contributed by atoms with van der Waals surface area (Å²) >= 11 is 0. The van der Waals surface area contributed by atoms with Gasteiger partial charge >= 0.3 is 0 Å². The highest BCUT2D eigenvalue weighted by molar-refractivity contribution is 4.96. The van der Waals surface area contributed by atoms with Crippen LogP contribution in [0.2, 0.25) is 0 Å². The normalized spacial score (nSPS) is 34.7. The van der Waals surface area contributed by atoms with Crippen LogP contribution in [0.5, 0.6) is 0 Å². The Morgan fingerprint density at radius 1 is 1.35 bits per heavy atom. The summed E-state index contributed by atoms with van der Waals surface area (Å²) in [5, 5.41) is 7.48. The molecule has 1 saturated carbocycles. The van der Waals surface area contributed by atoms with E-state index in [0.29, 0.717) is 12.1 Å². The predicted molar refractivity (Wildman–Crippen MR) is 72.8 cm³/mol. The fraction of sp³-hybridized carbons (Fsp3) is 0.867. The van der Waals surface area contributed by atoms with Crippen molar-refractivity contribution in [2.24, 2.45) is 5.92 Å². The van der Waals surface area contributed by atoms with E-state index in [-0.39, 0.29) is 0 Å². The van der Waals surface area contributed by atoms with E-state index < -0.39 is 0 Å². The van der Waals surface area contributed by atoms with Gasteiger partial charge in [-0.25, -0.2) is 0 Å². The van der Waals surface area contributed by atoms with Crippen LogP contribution in [0.1, 0.15) is 51.9 Å². The maximum absolute atomic E-state index is 5.43. The molecule has 4 atom stereocenters. The standard InChI is InChI=1S/C15H26N2/c1-3-7-12(4-2)17-15-9-5-8-13(15)14-10-6-11-16-14/h1,12-17H,4-11H2,2H3. The summed E-state index contributed by atoms with van der Waals surface area (Å²) in [5.74, 6) is 3.64. The van der Waals surface area contributed by atoms with Crippen LogP contribution in [0.3, 0.4) is 0 Å². The molecule has 0 amide bonds. The van der Waals surface area contributed by atoms with Crippen LogP contribution < -0.4 is 10.6 Å². The Balaban J connectivity index is 1.87. The zero-order valence-electron chi connectivity index (χ0n) is 11.0. The van der Waals surface area contributed by atoms with Gasteiger partial charge in [0.05, 0.1) is 0 Å². The number of hydrogen-bond acceptors (Lipinski definition) is 2. The molecular formula is C15H26N2. The van der Waals surface area contributed by atoms with Gasteiger partial charge in [-0.3, -0.25) is 0 Å². The summed E-state index contributed by atoms with van der Waals surface area (Å²) in [4.78, 5) is 0. The van der Waals surface area contributed by atoms with Crippen molar-refractivity contribution in [3.63, 3.8) is 0 Å². The average molecular weight is 234 g/mol. The molecule has 17 heavy (non-hydrogen) atoms. The third-order valence-electron chi connectivity index (χ3n) is 4.49. The van der Waals surface area contributed by atoms with E-state index in [0.717, 1.165) is 24.8 Å². The van der Waals surface area contributed by atoms with Crippen LogP contribution in [0.15, 0.2) is 0 Å². The van der Waals surface area contributed by atoms with E-state index >= 15 is 0 Å². The molecular weight excluding hydrogens is 208 g/mol. The highest BCUT2D eigenvalue weighted by Gasteiger charge is 2.35. The molecule has 2 fully saturated rings. The molecule has 96 valence electrons. The lowest BCUT2D eigenvalue weighted by molar-refractivity contribution is 0.295. The summed E-state index contributed by atoms with van der Waals surface area (Å²) < 4.78 is 0. The number of hydrogen-bond donors (Lipinski definition) is 2. The Bertz CT molecular complexity index is 263. The highest BCUT2D eigenvalue weighted by atomic mass is 15.0. The molecule has 1 aliphatic heterocycles. The molecule has 0 aromatic rings. The minimum atomic E-state index is 0.520. The highest BCUT2D eigenvalue weighted by Crippen LogP contribution is 2.32. The van der Waals surface area contributed by atoms with Gasteiger partial charge < -0.3 is 10.6 Å². The molecule has 1 heterocycles. The van der Waals surface area contributed by atoms with Crippen LogP contribution in [0.4, 0.5) is 0 Å². The molecule has 2 rings (SSSR count). The first-order chi connectivity index (χ1) is 8.35. The second-order valence-electron chi connectivity index (χ2n) is 5.58. The van der Waals surface area contributed by atoms with E-state index in [9.17, 15) is 0 Å². The van der Waals surface area contributed by atoms with Gasteiger partial charge in [0.2, 0.25) is 0 Å². The van der Waals surface area contributed by atoms with Gasteiger partial charge in [0.15, 0.2) is 0 Å². The Labute approximate surface area is 106 Å². The summed E-state index contributed by atoms with van der Waals surface area (Å²) in [6, 6.07) is 1.98. The SMILES string of the molecule is C#CCC(CC)NC1CCCC1C1CCCN1. The lowest BCUT2D eigenvalue weighted by atomic mass is 9.92. The predicted octanol–water partition coefficient (Wildman–Crippen LogP) is 2.30. The van der Waals surface area contributed by atoms with E-state index in [4.69, 9.17) is 6.42 Å². The average Bonchev–Trinajstić information content (AvgIpc) is 2.98. The second kappa shape index (κ2) is 6.42. The lowest BCUT2D eigenvalue weighted by Gasteiger charge is -2.29. The van der Waals surface area contributed by atoms with Gasteiger partial charge in [0, 0.05) is 24.5 Å². The smallest absolute Gasteiger partial charge is 0.0240 e. The fourth-order valence-corrected chi connectivity index (χ4v) is 3.52. The summed E-state index contributed by atoms with van der Waals surface area (Å²) in [7, 11) is 0. The number of nitrogens with one attached hydrogen (secondary N) is 2. The minimum Gasteiger partial charge on any atom is -0.314 e. The molecule has 0 radical (unpaired) electrons. The molecule has 2 nitrogen and oxygen atoms in total. The molecule has 0 bridgehead atoms. The van der Waals surface area contributed by atoms with E-state index in [1.807, 2.05) is 0 Å². The van der Waals surface area contributed by atoms with Crippen molar-refractivity contribution in [1.82, 2.24) is 10.6 Å². The van der Waals surface area contributed by atoms with E-state index in [1.165, 1.54) is 38.6 Å². The topological polar surface area (TPSA) is 24.1 Å². The molecule has 0 aromatic carbocycles. The second-order valence-corrected chi connectivity index (χ2v) is 5.58. The van der Waals surface area contributed by atoms with Gasteiger partial charge in [0.1, 0.15) is 0 Å². The van der Waals surface area contributed by atoms with E-state index in [2.05, 4.69) is 23.5 Å². The maximum atomic E-state index is 5.43. The van der Waals surface area contributed by atoms with Gasteiger partial charge in [-0.05, 0) is 44.6 Å². The molecule has 1 saturated heterocycles. The Kier molecular flexibility index (Phi) is 4.88. The van der Waals surface area contributed by atoms with Crippen LogP contribution >= 0.6 is 0 Å². The Morgan fingerprint density at radius 3 is 2.88 bits per heavy atom. The van der Waals surface area contributed by atoms with Crippen LogP contribution in [-0.2, 0) is 0 Å². The molecule has 2 N–H and O–H groups in total. The van der Waals surface area contributed by atoms with E-state index in [1.54, 1.807) is 0 Å². The van der Waals surface area contributed by atoms with Crippen molar-refractivity contribution in [1.29, 1.82) is 0 Å². The quantitative estimate of drug-likeness (QED) is 0.713. The van der Waals surface area contributed by atoms with Crippen molar-refractivity contribution in [3.8, 4) is 12.3 Å². The fourth-order valence-electron chi connectivity index (χ4n) is 3.52. The lowest BCUT2D eigenvalue weighted by Crippen LogP contribution is -2.45. The summed E-state index contributed by atoms with van der Waals surface area (Å²) in [6.45, 7) is 3.45. The molecule has 1 aliphatic carbocycles. The van der Waals surface area contributed by atoms with Crippen molar-refractivity contribution in [2.45, 2.75) is 70.0 Å². The largest absolute Gasteiger partial charge is 0.314 e. The maximum Gasteiger partial charge on any atom is 0.0240 e. The van der Waals surface area contributed by atoms with Gasteiger partial charge in [-0.15, -0.1) is 12.3 Å². The van der Waals surface area contributed by atoms with Crippen LogP contribution in [-0.4, -0.2) is 24.7 Å². The number of terminal acetylenes is 1. The first-order valence-electron chi connectivity index (χ1n) is 7.28. The third-order valence-corrected chi connectivity index (χ3v) is 4.49. The van der Waals surface area contributed by atoms with Crippen LogP contribution in [0.25, 0.3) is 0 Å². The summed E-state index contributed by atoms with van der Waals surface area (Å²) in [5.41, 5.74) is 0. The molecule has 0 spiro atoms. The number of rotatable bonds is 5. The molecule has 4 unspecified atom stereocenters. The molecule has 2 heteroatoms. The van der Waals surface area contributed by atoms with Gasteiger partial charge in [-0.2, -0.15) is 0 Å². The monoisotopic (exact) mass is 234 g/mol. The Hall–Kier alpha value is -0.520. The molecule has 0 aromatic heterocycles. The minimum absolute atomic E-state index is 0.520. The van der Waals surface area contributed by atoms with Gasteiger partial charge in [0.25, 0.3) is 0 Å². The van der Waals surface area contributed by atoms with Crippen molar-refractivity contribution in [2.75, 3.05) is 6.54 Å². The summed E-state index contributed by atoms with van der Waals surface area (Å²) in [6.07, 6.45) is 14.3. The van der Waals surface area contributed by atoms with Crippen LogP contribution in [0, 0.1) is 18.3 Å². The zero-order valence-corrected chi connectivity index (χ0v) is 11.0. The zero-order chi connectivity index (χ0) is 12.1. The Morgan fingerprint density at radius 2 is 2.24 bits per heavy atom. The molecule has 2 aliphatic rings.